The topological polar surface area (TPSA) is 72.2 Å². The van der Waals surface area contributed by atoms with E-state index in [1.165, 1.54) is 11.1 Å². The fourth-order valence-corrected chi connectivity index (χ4v) is 4.82. The van der Waals surface area contributed by atoms with Crippen LogP contribution >= 0.6 is 0 Å². The van der Waals surface area contributed by atoms with Gasteiger partial charge in [-0.05, 0) is 61.1 Å². The molecule has 0 aliphatic carbocycles. The number of hydrogen-bond acceptors (Lipinski definition) is 5. The first-order valence-electron chi connectivity index (χ1n) is 12.2. The number of fused-ring (bicyclic) bond motifs is 1. The van der Waals surface area contributed by atoms with Gasteiger partial charge in [0, 0.05) is 36.9 Å². The molecule has 0 amide bonds. The van der Waals surface area contributed by atoms with Crippen molar-refractivity contribution >= 4 is 22.3 Å². The SMILES string of the molecule is Cc1ccc(Nc2c(C#N)cnc3cc(-c4ccc(CN5CCC(O)CC5)cc4)ccc23)c(C)c1. The number of aliphatic hydroxyl groups excluding tert-OH is 1. The second kappa shape index (κ2) is 9.87. The number of nitriles is 1. The zero-order valence-corrected chi connectivity index (χ0v) is 20.3. The Hall–Kier alpha value is -3.72. The Bertz CT molecular complexity index is 1400. The second-order valence-corrected chi connectivity index (χ2v) is 9.54. The van der Waals surface area contributed by atoms with Gasteiger partial charge in [-0.1, -0.05) is 54.1 Å². The number of nitrogens with zero attached hydrogens (tertiary/aromatic N) is 3. The number of aliphatic hydroxyl groups is 1. The van der Waals surface area contributed by atoms with E-state index >= 15 is 0 Å². The minimum atomic E-state index is -0.143. The number of hydrogen-bond donors (Lipinski definition) is 2. The molecule has 0 spiro atoms. The third-order valence-corrected chi connectivity index (χ3v) is 6.88. The molecule has 2 N–H and O–H groups in total. The third-order valence-electron chi connectivity index (χ3n) is 6.88. The molecule has 1 fully saturated rings. The molecule has 1 aromatic heterocycles. The van der Waals surface area contributed by atoms with Crippen molar-refractivity contribution < 1.29 is 5.11 Å². The lowest BCUT2D eigenvalue weighted by Crippen LogP contribution is -2.35. The Morgan fingerprint density at radius 2 is 1.74 bits per heavy atom. The highest BCUT2D eigenvalue weighted by Crippen LogP contribution is 2.33. The molecular formula is C30H30N4O. The summed E-state index contributed by atoms with van der Waals surface area (Å²) in [5, 5.41) is 23.8. The van der Waals surface area contributed by atoms with Gasteiger partial charge in [0.05, 0.1) is 22.9 Å². The minimum absolute atomic E-state index is 0.143. The largest absolute Gasteiger partial charge is 0.393 e. The molecule has 35 heavy (non-hydrogen) atoms. The Balaban J connectivity index is 1.41. The molecule has 176 valence electrons. The third kappa shape index (κ3) is 5.05. The van der Waals surface area contributed by atoms with Crippen molar-refractivity contribution in [3.05, 3.63) is 89.1 Å². The van der Waals surface area contributed by atoms with Crippen LogP contribution in [0.25, 0.3) is 22.0 Å². The van der Waals surface area contributed by atoms with Crippen LogP contribution in [0.2, 0.25) is 0 Å². The summed E-state index contributed by atoms with van der Waals surface area (Å²) >= 11 is 0. The number of benzene rings is 3. The maximum absolute atomic E-state index is 9.72. The van der Waals surface area contributed by atoms with Crippen LogP contribution in [0, 0.1) is 25.2 Å². The van der Waals surface area contributed by atoms with Crippen LogP contribution in [0.4, 0.5) is 11.4 Å². The first kappa shape index (κ1) is 23.0. The maximum Gasteiger partial charge on any atom is 0.103 e. The van der Waals surface area contributed by atoms with Gasteiger partial charge in [-0.25, -0.2) is 0 Å². The lowest BCUT2D eigenvalue weighted by molar-refractivity contribution is 0.0792. The maximum atomic E-state index is 9.72. The predicted molar refractivity (Wildman–Crippen MR) is 142 cm³/mol. The molecule has 3 aromatic carbocycles. The highest BCUT2D eigenvalue weighted by molar-refractivity contribution is 5.97. The number of likely N-dealkylation sites (tertiary alicyclic amines) is 1. The lowest BCUT2D eigenvalue weighted by atomic mass is 10.00. The molecule has 5 rings (SSSR count). The highest BCUT2D eigenvalue weighted by Gasteiger charge is 2.17. The fraction of sp³-hybridized carbons (Fsp3) is 0.267. The van der Waals surface area contributed by atoms with Crippen LogP contribution < -0.4 is 5.32 Å². The van der Waals surface area contributed by atoms with Crippen LogP contribution in [-0.2, 0) is 6.54 Å². The molecular weight excluding hydrogens is 432 g/mol. The summed E-state index contributed by atoms with van der Waals surface area (Å²) in [7, 11) is 0. The number of piperidine rings is 1. The quantitative estimate of drug-likeness (QED) is 0.375. The minimum Gasteiger partial charge on any atom is -0.393 e. The van der Waals surface area contributed by atoms with E-state index in [0.717, 1.165) is 71.4 Å². The summed E-state index contributed by atoms with van der Waals surface area (Å²) in [4.78, 5) is 6.99. The molecule has 1 saturated heterocycles. The molecule has 0 atom stereocenters. The molecule has 0 radical (unpaired) electrons. The number of nitrogens with one attached hydrogen (secondary N) is 1. The van der Waals surface area contributed by atoms with Crippen molar-refractivity contribution in [2.45, 2.75) is 39.3 Å². The van der Waals surface area contributed by atoms with Gasteiger partial charge in [-0.2, -0.15) is 5.26 Å². The Morgan fingerprint density at radius 1 is 1.00 bits per heavy atom. The summed E-state index contributed by atoms with van der Waals surface area (Å²) in [6, 6.07) is 23.5. The van der Waals surface area contributed by atoms with Gasteiger partial charge in [-0.3, -0.25) is 9.88 Å². The zero-order valence-electron chi connectivity index (χ0n) is 20.3. The summed E-state index contributed by atoms with van der Waals surface area (Å²) < 4.78 is 0. The fourth-order valence-electron chi connectivity index (χ4n) is 4.82. The Kier molecular flexibility index (Phi) is 6.50. The molecule has 2 heterocycles. The van der Waals surface area contributed by atoms with Gasteiger partial charge >= 0.3 is 0 Å². The zero-order chi connectivity index (χ0) is 24.4. The molecule has 1 aliphatic heterocycles. The molecule has 5 nitrogen and oxygen atoms in total. The molecule has 0 unspecified atom stereocenters. The van der Waals surface area contributed by atoms with E-state index in [1.807, 2.05) is 0 Å². The van der Waals surface area contributed by atoms with Crippen molar-refractivity contribution in [1.29, 1.82) is 5.26 Å². The van der Waals surface area contributed by atoms with Crippen LogP contribution in [0.15, 0.2) is 66.9 Å². The van der Waals surface area contributed by atoms with E-state index in [2.05, 4.69) is 95.8 Å². The van der Waals surface area contributed by atoms with E-state index in [9.17, 15) is 10.4 Å². The van der Waals surface area contributed by atoms with E-state index in [0.29, 0.717) is 5.56 Å². The van der Waals surface area contributed by atoms with E-state index in [1.54, 1.807) is 6.20 Å². The van der Waals surface area contributed by atoms with Crippen molar-refractivity contribution in [1.82, 2.24) is 9.88 Å². The second-order valence-electron chi connectivity index (χ2n) is 9.54. The van der Waals surface area contributed by atoms with Gasteiger partial charge in [-0.15, -0.1) is 0 Å². The standard InChI is InChI=1S/C30H30N4O/c1-20-3-10-28(21(2)15-20)33-30-25(17-31)18-32-29-16-24(8-9-27(29)30)23-6-4-22(5-7-23)19-34-13-11-26(35)12-14-34/h3-10,15-16,18,26,35H,11-14,19H2,1-2H3,(H,32,33). The van der Waals surface area contributed by atoms with Gasteiger partial charge in [0.2, 0.25) is 0 Å². The molecule has 4 aromatic rings. The Morgan fingerprint density at radius 3 is 2.46 bits per heavy atom. The molecule has 1 aliphatic rings. The summed E-state index contributed by atoms with van der Waals surface area (Å²) in [5.74, 6) is 0. The number of aromatic nitrogens is 1. The monoisotopic (exact) mass is 462 g/mol. The van der Waals surface area contributed by atoms with Crippen LogP contribution in [0.1, 0.15) is 35.1 Å². The highest BCUT2D eigenvalue weighted by atomic mass is 16.3. The first-order chi connectivity index (χ1) is 17.0. The van der Waals surface area contributed by atoms with Crippen LogP contribution in [0.5, 0.6) is 0 Å². The normalized spacial score (nSPS) is 14.7. The van der Waals surface area contributed by atoms with Crippen LogP contribution in [0.3, 0.4) is 0 Å². The van der Waals surface area contributed by atoms with E-state index in [-0.39, 0.29) is 6.10 Å². The summed E-state index contributed by atoms with van der Waals surface area (Å²) in [6.07, 6.45) is 3.22. The number of rotatable bonds is 5. The number of pyridine rings is 1. The Labute approximate surface area is 206 Å². The van der Waals surface area contributed by atoms with Gasteiger partial charge < -0.3 is 10.4 Å². The average Bonchev–Trinajstić information content (AvgIpc) is 2.87. The number of anilines is 2. The summed E-state index contributed by atoms with van der Waals surface area (Å²) in [5.41, 5.74) is 9.02. The molecule has 5 heteroatoms. The smallest absolute Gasteiger partial charge is 0.103 e. The number of aryl methyl sites for hydroxylation is 2. The molecule has 0 saturated carbocycles. The van der Waals surface area contributed by atoms with Crippen molar-refractivity contribution in [2.75, 3.05) is 18.4 Å². The predicted octanol–water partition coefficient (Wildman–Crippen LogP) is 6.09. The van der Waals surface area contributed by atoms with Gasteiger partial charge in [0.1, 0.15) is 6.07 Å². The van der Waals surface area contributed by atoms with Crippen molar-refractivity contribution in [2.24, 2.45) is 0 Å². The summed E-state index contributed by atoms with van der Waals surface area (Å²) in [6.45, 7) is 6.95. The van der Waals surface area contributed by atoms with Gasteiger partial charge in [0.25, 0.3) is 0 Å². The van der Waals surface area contributed by atoms with E-state index in [4.69, 9.17) is 0 Å². The first-order valence-corrected chi connectivity index (χ1v) is 12.2. The van der Waals surface area contributed by atoms with E-state index < -0.39 is 0 Å². The lowest BCUT2D eigenvalue weighted by Gasteiger charge is -2.29. The van der Waals surface area contributed by atoms with Crippen LogP contribution in [-0.4, -0.2) is 34.2 Å². The van der Waals surface area contributed by atoms with Gasteiger partial charge in [0.15, 0.2) is 0 Å². The average molecular weight is 463 g/mol. The van der Waals surface area contributed by atoms with Crippen molar-refractivity contribution in [3.8, 4) is 17.2 Å². The van der Waals surface area contributed by atoms with Crippen molar-refractivity contribution in [3.63, 3.8) is 0 Å². The molecule has 0 bridgehead atoms.